The third-order valence-electron chi connectivity index (χ3n) is 13.1. The van der Waals surface area contributed by atoms with E-state index in [9.17, 15) is 0 Å². The second kappa shape index (κ2) is 17.7. The highest BCUT2D eigenvalue weighted by Crippen LogP contribution is 2.56. The molecule has 0 aliphatic heterocycles. The lowest BCUT2D eigenvalue weighted by Gasteiger charge is -2.33. The number of aryl methyl sites for hydroxylation is 4. The predicted molar refractivity (Wildman–Crippen MR) is 265 cm³/mol. The Balaban J connectivity index is 1.19. The molecule has 308 valence electrons. The van der Waals surface area contributed by atoms with Crippen LogP contribution >= 0.6 is 22.7 Å². The van der Waals surface area contributed by atoms with E-state index < -0.39 is 0 Å². The van der Waals surface area contributed by atoms with Crippen LogP contribution in [-0.4, -0.2) is 9.97 Å². The molecule has 61 heavy (non-hydrogen) atoms. The van der Waals surface area contributed by atoms with Crippen LogP contribution in [-0.2, 0) is 5.41 Å². The van der Waals surface area contributed by atoms with Gasteiger partial charge in [-0.2, -0.15) is 0 Å². The maximum atomic E-state index is 5.65. The number of hydrogen-bond acceptors (Lipinski definition) is 4. The van der Waals surface area contributed by atoms with Crippen molar-refractivity contribution in [2.24, 2.45) is 0 Å². The average molecular weight is 835 g/mol. The van der Waals surface area contributed by atoms with Gasteiger partial charge in [-0.3, -0.25) is 0 Å². The normalized spacial score (nSPS) is 12.9. The number of aromatic nitrogens is 2. The van der Waals surface area contributed by atoms with E-state index >= 15 is 0 Å². The summed E-state index contributed by atoms with van der Waals surface area (Å²) in [5.41, 5.74) is 19.3. The fourth-order valence-electron chi connectivity index (χ4n) is 9.71. The molecule has 2 nitrogen and oxygen atoms in total. The zero-order valence-corrected chi connectivity index (χ0v) is 38.5. The van der Waals surface area contributed by atoms with Gasteiger partial charge < -0.3 is 0 Å². The summed E-state index contributed by atoms with van der Waals surface area (Å²) in [6, 6.07) is 45.8. The SMILES string of the molecule is CCCCCCC1(CCCCCC)c2cc(C)ccc2-c2ccc(-c3ccc(-c4ccc(-c5ccc(C)s5)c5nc(-c6ccc(C)cc6)c(-c6ccc(C)cc6)nc45)s3)cc21. The third-order valence-corrected chi connectivity index (χ3v) is 15.3. The lowest BCUT2D eigenvalue weighted by atomic mass is 9.70. The van der Waals surface area contributed by atoms with E-state index in [-0.39, 0.29) is 5.41 Å². The molecule has 9 rings (SSSR count). The van der Waals surface area contributed by atoms with Crippen molar-refractivity contribution in [3.8, 4) is 65.0 Å². The first kappa shape index (κ1) is 41.2. The van der Waals surface area contributed by atoms with E-state index in [0.29, 0.717) is 0 Å². The Hall–Kier alpha value is -5.16. The molecule has 0 radical (unpaired) electrons. The van der Waals surface area contributed by atoms with E-state index in [1.807, 2.05) is 22.7 Å². The quantitative estimate of drug-likeness (QED) is 0.0962. The van der Waals surface area contributed by atoms with Gasteiger partial charge in [0.1, 0.15) is 0 Å². The van der Waals surface area contributed by atoms with Crippen LogP contribution in [0.3, 0.4) is 0 Å². The highest BCUT2D eigenvalue weighted by Gasteiger charge is 2.42. The van der Waals surface area contributed by atoms with Gasteiger partial charge >= 0.3 is 0 Å². The largest absolute Gasteiger partial charge is 0.243 e. The van der Waals surface area contributed by atoms with Crippen molar-refractivity contribution in [2.75, 3.05) is 0 Å². The minimum atomic E-state index is 0.0531. The second-order valence-corrected chi connectivity index (χ2v) is 20.0. The number of hydrogen-bond donors (Lipinski definition) is 0. The minimum Gasteiger partial charge on any atom is -0.243 e. The van der Waals surface area contributed by atoms with E-state index in [0.717, 1.165) is 44.7 Å². The van der Waals surface area contributed by atoms with Crippen molar-refractivity contribution in [1.82, 2.24) is 9.97 Å². The first-order chi connectivity index (χ1) is 29.8. The first-order valence-electron chi connectivity index (χ1n) is 22.7. The van der Waals surface area contributed by atoms with Crippen LogP contribution in [0.5, 0.6) is 0 Å². The van der Waals surface area contributed by atoms with Crippen molar-refractivity contribution in [2.45, 2.75) is 111 Å². The molecule has 0 saturated carbocycles. The Morgan fingerprint density at radius 1 is 0.410 bits per heavy atom. The smallest absolute Gasteiger partial charge is 0.0988 e. The molecule has 0 fully saturated rings. The van der Waals surface area contributed by atoms with Crippen molar-refractivity contribution >= 4 is 33.7 Å². The van der Waals surface area contributed by atoms with Gasteiger partial charge in [0, 0.05) is 47.2 Å². The molecule has 3 aromatic heterocycles. The first-order valence-corrected chi connectivity index (χ1v) is 24.3. The fraction of sp³-hybridized carbons (Fsp3) is 0.298. The van der Waals surface area contributed by atoms with Crippen molar-refractivity contribution in [3.63, 3.8) is 0 Å². The van der Waals surface area contributed by atoms with Crippen molar-refractivity contribution < 1.29 is 0 Å². The van der Waals surface area contributed by atoms with Crippen LogP contribution in [0.4, 0.5) is 0 Å². The monoisotopic (exact) mass is 834 g/mol. The number of benzene rings is 5. The van der Waals surface area contributed by atoms with Gasteiger partial charge in [-0.1, -0.05) is 173 Å². The summed E-state index contributed by atoms with van der Waals surface area (Å²) in [7, 11) is 0. The van der Waals surface area contributed by atoms with Crippen LogP contribution in [0.1, 0.15) is 111 Å². The van der Waals surface area contributed by atoms with Crippen LogP contribution in [0, 0.1) is 27.7 Å². The average Bonchev–Trinajstić information content (AvgIpc) is 4.01. The summed E-state index contributed by atoms with van der Waals surface area (Å²) in [4.78, 5) is 16.3. The number of unbranched alkanes of at least 4 members (excludes halogenated alkanes) is 6. The van der Waals surface area contributed by atoms with Gasteiger partial charge in [0.15, 0.2) is 0 Å². The molecule has 5 aromatic carbocycles. The summed E-state index contributed by atoms with van der Waals surface area (Å²) in [5.74, 6) is 0. The van der Waals surface area contributed by atoms with E-state index in [1.54, 1.807) is 11.1 Å². The highest BCUT2D eigenvalue weighted by molar-refractivity contribution is 7.19. The maximum absolute atomic E-state index is 5.65. The number of nitrogens with zero attached hydrogens (tertiary/aromatic N) is 2. The molecule has 0 unspecified atom stereocenters. The number of fused-ring (bicyclic) bond motifs is 4. The summed E-state index contributed by atoms with van der Waals surface area (Å²) in [5, 5.41) is 0. The van der Waals surface area contributed by atoms with E-state index in [1.165, 1.54) is 117 Å². The minimum absolute atomic E-state index is 0.0531. The fourth-order valence-corrected chi connectivity index (χ4v) is 11.6. The van der Waals surface area contributed by atoms with Crippen molar-refractivity contribution in [1.29, 1.82) is 0 Å². The Bertz CT molecular complexity index is 2810. The second-order valence-electron chi connectivity index (χ2n) is 17.6. The predicted octanol–water partition coefficient (Wildman–Crippen LogP) is 17.5. The van der Waals surface area contributed by atoms with Crippen LogP contribution in [0.15, 0.2) is 121 Å². The molecule has 0 atom stereocenters. The highest BCUT2D eigenvalue weighted by atomic mass is 32.1. The Morgan fingerprint density at radius 3 is 1.41 bits per heavy atom. The summed E-state index contributed by atoms with van der Waals surface area (Å²) in [6.45, 7) is 13.4. The third kappa shape index (κ3) is 8.06. The molecule has 4 heteroatoms. The van der Waals surface area contributed by atoms with Gasteiger partial charge in [-0.15, -0.1) is 22.7 Å². The van der Waals surface area contributed by atoms with Crippen LogP contribution in [0.25, 0.3) is 76.0 Å². The number of thiophene rings is 2. The Kier molecular flexibility index (Phi) is 11.9. The van der Waals surface area contributed by atoms with Crippen LogP contribution < -0.4 is 0 Å². The zero-order valence-electron chi connectivity index (χ0n) is 36.8. The standard InChI is InChI=1S/C57H58N2S2/c1-7-9-11-13-33-57(34-14-12-10-8-2)48-35-39(5)19-26-44(48)45-27-25-43(36-49(45)57)50-31-32-52(61-50)47-29-28-46(51-30-20-40(6)60-51)55-56(47)59-54(42-23-17-38(4)18-24-42)53(58-55)41-21-15-37(3)16-22-41/h15-32,35-36H,7-14,33-34H2,1-6H3. The Morgan fingerprint density at radius 2 is 0.869 bits per heavy atom. The molecule has 0 saturated heterocycles. The lowest BCUT2D eigenvalue weighted by Crippen LogP contribution is -2.25. The summed E-state index contributed by atoms with van der Waals surface area (Å²) >= 11 is 3.70. The summed E-state index contributed by atoms with van der Waals surface area (Å²) < 4.78 is 0. The van der Waals surface area contributed by atoms with E-state index in [4.69, 9.17) is 9.97 Å². The van der Waals surface area contributed by atoms with Crippen molar-refractivity contribution in [3.05, 3.63) is 154 Å². The molecule has 1 aliphatic rings. The molecule has 3 heterocycles. The molecule has 0 spiro atoms. The molecule has 0 N–H and O–H groups in total. The lowest BCUT2D eigenvalue weighted by molar-refractivity contribution is 0.401. The maximum Gasteiger partial charge on any atom is 0.0988 e. The summed E-state index contributed by atoms with van der Waals surface area (Å²) in [6.07, 6.45) is 12.7. The molecule has 1 aliphatic carbocycles. The van der Waals surface area contributed by atoms with Gasteiger partial charge in [-0.05, 0) is 98.7 Å². The zero-order chi connectivity index (χ0) is 42.1. The molecule has 0 bridgehead atoms. The van der Waals surface area contributed by atoms with Gasteiger partial charge in [-0.25, -0.2) is 9.97 Å². The molecule has 0 amide bonds. The topological polar surface area (TPSA) is 25.8 Å². The molecule has 8 aromatic rings. The van der Waals surface area contributed by atoms with Crippen LogP contribution in [0.2, 0.25) is 0 Å². The molecular weight excluding hydrogens is 777 g/mol. The molecular formula is C57H58N2S2. The van der Waals surface area contributed by atoms with Gasteiger partial charge in [0.05, 0.1) is 22.4 Å². The number of rotatable bonds is 15. The van der Waals surface area contributed by atoms with Gasteiger partial charge in [0.25, 0.3) is 0 Å². The van der Waals surface area contributed by atoms with E-state index in [2.05, 4.69) is 163 Å². The Labute approximate surface area is 371 Å². The van der Waals surface area contributed by atoms with Gasteiger partial charge in [0.2, 0.25) is 0 Å².